The third kappa shape index (κ3) is 4.61. The van der Waals surface area contributed by atoms with Gasteiger partial charge in [0, 0.05) is 22.2 Å². The normalized spacial score (nSPS) is 13.5. The molecule has 0 fully saturated rings. The Morgan fingerprint density at radius 1 is 1.03 bits per heavy atom. The molecule has 3 aromatic rings. The Balaban J connectivity index is 1.73. The minimum Gasteiger partial charge on any atom is -0.488 e. The highest BCUT2D eigenvalue weighted by atomic mass is 35.5. The second-order valence-corrected chi connectivity index (χ2v) is 8.15. The van der Waals surface area contributed by atoms with E-state index in [0.29, 0.717) is 29.3 Å². The number of aromatic nitrogens is 1. The van der Waals surface area contributed by atoms with Crippen molar-refractivity contribution in [1.82, 2.24) is 4.98 Å². The number of nitrogens with zero attached hydrogens (tertiary/aromatic N) is 1. The fourth-order valence-corrected chi connectivity index (χ4v) is 4.10. The number of pyridine rings is 1. The van der Waals surface area contributed by atoms with Gasteiger partial charge in [0.2, 0.25) is 0 Å². The van der Waals surface area contributed by atoms with Gasteiger partial charge in [0.05, 0.1) is 10.7 Å². The Morgan fingerprint density at radius 2 is 1.81 bits per heavy atom. The molecule has 4 rings (SSSR count). The van der Waals surface area contributed by atoms with Crippen LogP contribution in [-0.2, 0) is 6.61 Å². The molecule has 32 heavy (non-hydrogen) atoms. The summed E-state index contributed by atoms with van der Waals surface area (Å²) in [4.78, 5) is 15.7. The maximum Gasteiger partial charge on any atom is 0.356 e. The van der Waals surface area contributed by atoms with Crippen molar-refractivity contribution in [2.45, 2.75) is 25.9 Å². The van der Waals surface area contributed by atoms with Gasteiger partial charge in [-0.15, -0.1) is 0 Å². The number of halogens is 4. The Hall–Kier alpha value is -2.96. The molecule has 1 heterocycles. The Kier molecular flexibility index (Phi) is 6.44. The van der Waals surface area contributed by atoms with Crippen molar-refractivity contribution in [2.24, 2.45) is 0 Å². The summed E-state index contributed by atoms with van der Waals surface area (Å²) in [7, 11) is 0. The van der Waals surface area contributed by atoms with Crippen molar-refractivity contribution >= 4 is 40.3 Å². The number of rotatable bonds is 6. The lowest BCUT2D eigenvalue weighted by Gasteiger charge is -2.15. The van der Waals surface area contributed by atoms with Gasteiger partial charge in [0.15, 0.2) is 5.69 Å². The van der Waals surface area contributed by atoms with Gasteiger partial charge in [-0.25, -0.2) is 18.6 Å². The number of ether oxygens (including phenoxy) is 1. The molecule has 0 radical (unpaired) electrons. The number of carboxylic acids is 1. The van der Waals surface area contributed by atoms with Crippen LogP contribution in [0.3, 0.4) is 0 Å². The monoisotopic (exact) mass is 475 g/mol. The molecule has 0 saturated carbocycles. The highest BCUT2D eigenvalue weighted by Gasteiger charge is 2.23. The summed E-state index contributed by atoms with van der Waals surface area (Å²) in [5.41, 5.74) is 3.06. The maximum absolute atomic E-state index is 14.0. The summed E-state index contributed by atoms with van der Waals surface area (Å²) in [6, 6.07) is 11.6. The van der Waals surface area contributed by atoms with Gasteiger partial charge in [-0.3, -0.25) is 0 Å². The predicted molar refractivity (Wildman–Crippen MR) is 119 cm³/mol. The van der Waals surface area contributed by atoms with Crippen LogP contribution < -0.4 is 4.74 Å². The maximum atomic E-state index is 14.0. The van der Waals surface area contributed by atoms with Crippen LogP contribution in [0.25, 0.3) is 11.1 Å². The Bertz CT molecular complexity index is 1240. The van der Waals surface area contributed by atoms with Gasteiger partial charge >= 0.3 is 5.97 Å². The molecule has 8 heteroatoms. The highest BCUT2D eigenvalue weighted by Crippen LogP contribution is 2.43. The molecule has 0 unspecified atom stereocenters. The van der Waals surface area contributed by atoms with Crippen molar-refractivity contribution in [1.29, 1.82) is 0 Å². The highest BCUT2D eigenvalue weighted by molar-refractivity contribution is 6.33. The summed E-state index contributed by atoms with van der Waals surface area (Å²) in [6.45, 7) is -0.0916. The molecular formula is C24H17Cl2F2NO3. The van der Waals surface area contributed by atoms with Crippen LogP contribution in [0.4, 0.5) is 8.78 Å². The van der Waals surface area contributed by atoms with Crippen LogP contribution >= 0.6 is 23.2 Å². The lowest BCUT2D eigenvalue weighted by molar-refractivity contribution is 0.0690. The van der Waals surface area contributed by atoms with Crippen molar-refractivity contribution in [2.75, 3.05) is 0 Å². The van der Waals surface area contributed by atoms with Gasteiger partial charge in [0.1, 0.15) is 24.0 Å². The van der Waals surface area contributed by atoms with Gasteiger partial charge in [-0.05, 0) is 72.9 Å². The Labute approximate surface area is 193 Å². The summed E-state index contributed by atoms with van der Waals surface area (Å²) < 4.78 is 33.1. The molecule has 1 aliphatic carbocycles. The topological polar surface area (TPSA) is 59.4 Å². The largest absolute Gasteiger partial charge is 0.488 e. The molecule has 0 amide bonds. The van der Waals surface area contributed by atoms with Crippen LogP contribution in [0.5, 0.6) is 5.75 Å². The lowest BCUT2D eigenvalue weighted by atomic mass is 9.98. The van der Waals surface area contributed by atoms with Gasteiger partial charge in [0.25, 0.3) is 0 Å². The molecular weight excluding hydrogens is 459 g/mol. The van der Waals surface area contributed by atoms with E-state index in [2.05, 4.69) is 4.98 Å². The SMILES string of the molecule is O=C(O)c1nc(C2=C(c3cc(Cl)ccc3OCc3ccc(F)cc3F)CCC2)ccc1Cl. The first-order chi connectivity index (χ1) is 15.3. The lowest BCUT2D eigenvalue weighted by Crippen LogP contribution is -2.04. The first-order valence-corrected chi connectivity index (χ1v) is 10.6. The van der Waals surface area contributed by atoms with Crippen LogP contribution in [0.2, 0.25) is 10.0 Å². The molecule has 1 aromatic heterocycles. The molecule has 0 saturated heterocycles. The molecule has 1 N–H and O–H groups in total. The molecule has 0 bridgehead atoms. The number of carbonyl (C=O) groups is 1. The first-order valence-electron chi connectivity index (χ1n) is 9.82. The van der Waals surface area contributed by atoms with Crippen LogP contribution in [0.15, 0.2) is 48.5 Å². The number of hydrogen-bond acceptors (Lipinski definition) is 3. The third-order valence-electron chi connectivity index (χ3n) is 5.24. The summed E-state index contributed by atoms with van der Waals surface area (Å²) in [5, 5.41) is 9.92. The zero-order chi connectivity index (χ0) is 22.8. The van der Waals surface area contributed by atoms with E-state index in [1.54, 1.807) is 24.3 Å². The fourth-order valence-electron chi connectivity index (χ4n) is 3.74. The van der Waals surface area contributed by atoms with E-state index in [9.17, 15) is 18.7 Å². The average molecular weight is 476 g/mol. The minimum absolute atomic E-state index is 0.0644. The molecule has 0 aliphatic heterocycles. The number of benzene rings is 2. The fraction of sp³-hybridized carbons (Fsp3) is 0.167. The molecule has 164 valence electrons. The predicted octanol–water partition coefficient (Wildman–Crippen LogP) is 7.04. The zero-order valence-electron chi connectivity index (χ0n) is 16.7. The van der Waals surface area contributed by atoms with Gasteiger partial charge in [-0.2, -0.15) is 0 Å². The van der Waals surface area contributed by atoms with Crippen LogP contribution in [0.1, 0.15) is 46.6 Å². The van der Waals surface area contributed by atoms with E-state index in [1.807, 2.05) is 0 Å². The van der Waals surface area contributed by atoms with E-state index in [-0.39, 0.29) is 22.9 Å². The molecule has 2 aromatic carbocycles. The van der Waals surface area contributed by atoms with Crippen molar-refractivity contribution in [3.63, 3.8) is 0 Å². The molecule has 0 spiro atoms. The smallest absolute Gasteiger partial charge is 0.356 e. The molecule has 4 nitrogen and oxygen atoms in total. The second-order valence-electron chi connectivity index (χ2n) is 7.31. The van der Waals surface area contributed by atoms with E-state index in [4.69, 9.17) is 27.9 Å². The number of hydrogen-bond donors (Lipinski definition) is 1. The molecule has 1 aliphatic rings. The van der Waals surface area contributed by atoms with Gasteiger partial charge in [-0.1, -0.05) is 23.2 Å². The average Bonchev–Trinajstić information content (AvgIpc) is 3.23. The minimum atomic E-state index is -1.20. The van der Waals surface area contributed by atoms with Crippen molar-refractivity contribution < 1.29 is 23.4 Å². The van der Waals surface area contributed by atoms with Crippen LogP contribution in [-0.4, -0.2) is 16.1 Å². The van der Waals surface area contributed by atoms with Gasteiger partial charge < -0.3 is 9.84 Å². The van der Waals surface area contributed by atoms with Crippen molar-refractivity contribution in [3.8, 4) is 5.75 Å². The molecule has 0 atom stereocenters. The third-order valence-corrected chi connectivity index (χ3v) is 5.78. The van der Waals surface area contributed by atoms with E-state index < -0.39 is 17.6 Å². The zero-order valence-corrected chi connectivity index (χ0v) is 18.2. The number of allylic oxidation sites excluding steroid dienone is 2. The van der Waals surface area contributed by atoms with E-state index in [1.165, 1.54) is 18.2 Å². The second kappa shape index (κ2) is 9.27. The first kappa shape index (κ1) is 22.2. The summed E-state index contributed by atoms with van der Waals surface area (Å²) in [5.74, 6) is -2.06. The van der Waals surface area contributed by atoms with E-state index >= 15 is 0 Å². The van der Waals surface area contributed by atoms with Crippen LogP contribution in [0, 0.1) is 11.6 Å². The number of aromatic carboxylic acids is 1. The summed E-state index contributed by atoms with van der Waals surface area (Å²) in [6.07, 6.45) is 2.25. The van der Waals surface area contributed by atoms with E-state index in [0.717, 1.165) is 29.2 Å². The Morgan fingerprint density at radius 3 is 2.56 bits per heavy atom. The quantitative estimate of drug-likeness (QED) is 0.415. The summed E-state index contributed by atoms with van der Waals surface area (Å²) >= 11 is 12.2. The van der Waals surface area contributed by atoms with Crippen molar-refractivity contribution in [3.05, 3.63) is 92.7 Å². The number of carboxylic acid groups (broad SMARTS) is 1. The standard InChI is InChI=1S/C24H17Cl2F2NO3/c25-14-5-9-22(32-12-13-4-6-15(27)11-20(13)28)18(10-14)16-2-1-3-17(16)21-8-7-19(26)23(29-21)24(30)31/h4-11H,1-3,12H2,(H,30,31).